The number of benzene rings is 1. The van der Waals surface area contributed by atoms with Crippen LogP contribution in [0.25, 0.3) is 0 Å². The second-order valence-electron chi connectivity index (χ2n) is 28.4. The SMILES string of the molecule is CC[C@H](C)[C@@H]1NC(=O)[C@H](C)N(C)C(=O)C[C@@H](C(=O)N2CCCCC2)N(C)C(=O)[C@H](C2CCCC2)N(C)C(=O)C2(CCCC2)NC(=O)[C@@H]2CCCN2C(=O)[C@H](CCc2ccc(C(F)(F)F)c(Cl)c2)NC(=O)CN(C)C(=O)[C@H](CC2CCCCC2)N(C)C(=O)CN(C)C(=O)CN(C)C1=O. The Morgan fingerprint density at radius 2 is 1.25 bits per heavy atom. The lowest BCUT2D eigenvalue weighted by Crippen LogP contribution is -2.65. The molecule has 12 amide bonds. The Morgan fingerprint density at radius 1 is 0.639 bits per heavy atom. The number of aryl methyl sites for hydroxylation is 1. The van der Waals surface area contributed by atoms with Crippen LogP contribution in [0.3, 0.4) is 0 Å². The highest BCUT2D eigenvalue weighted by Gasteiger charge is 2.51. The number of nitrogens with one attached hydrogen (secondary N) is 3. The van der Waals surface area contributed by atoms with E-state index in [0.717, 1.165) is 83.1 Å². The third-order valence-electron chi connectivity index (χ3n) is 21.6. The van der Waals surface area contributed by atoms with Crippen molar-refractivity contribution in [2.24, 2.45) is 17.8 Å². The molecule has 1 aromatic rings. The zero-order valence-electron chi connectivity index (χ0n) is 58.4. The minimum Gasteiger partial charge on any atom is -0.343 e. The van der Waals surface area contributed by atoms with Gasteiger partial charge in [0.1, 0.15) is 47.8 Å². The molecule has 7 rings (SSSR count). The Kier molecular flexibility index (Phi) is 27.2. The van der Waals surface area contributed by atoms with Gasteiger partial charge in [-0.3, -0.25) is 57.5 Å². The molecular formula is C69H104ClF3N12O12. The number of rotatable bonds is 9. The highest BCUT2D eigenvalue weighted by molar-refractivity contribution is 6.31. The van der Waals surface area contributed by atoms with Gasteiger partial charge in [-0.2, -0.15) is 13.2 Å². The van der Waals surface area contributed by atoms with Crippen molar-refractivity contribution in [1.29, 1.82) is 0 Å². The molecule has 0 unspecified atom stereocenters. The number of hydrogen-bond acceptors (Lipinski definition) is 12. The predicted octanol–water partition coefficient (Wildman–Crippen LogP) is 5.01. The molecule has 3 N–H and O–H groups in total. The van der Waals surface area contributed by atoms with Crippen LogP contribution in [0.15, 0.2) is 18.2 Å². The maximum absolute atomic E-state index is 15.6. The fraction of sp³-hybridized carbons (Fsp3) is 0.739. The first-order valence-corrected chi connectivity index (χ1v) is 35.3. The summed E-state index contributed by atoms with van der Waals surface area (Å²) >= 11 is 6.15. The molecular weight excluding hydrogens is 1280 g/mol. The van der Waals surface area contributed by atoms with Gasteiger partial charge in [-0.1, -0.05) is 95.7 Å². The van der Waals surface area contributed by atoms with Crippen LogP contribution in [0.4, 0.5) is 13.2 Å². The summed E-state index contributed by atoms with van der Waals surface area (Å²) in [5, 5.41) is 8.05. The number of nitrogens with zero attached hydrogens (tertiary/aromatic N) is 9. The van der Waals surface area contributed by atoms with Gasteiger partial charge in [0.2, 0.25) is 70.9 Å². The van der Waals surface area contributed by atoms with E-state index in [0.29, 0.717) is 70.0 Å². The molecule has 0 aromatic heterocycles. The average molecular weight is 1390 g/mol. The van der Waals surface area contributed by atoms with Crippen LogP contribution >= 0.6 is 11.6 Å². The van der Waals surface area contributed by atoms with Gasteiger partial charge >= 0.3 is 6.18 Å². The Balaban J connectivity index is 1.26. The Morgan fingerprint density at radius 3 is 1.87 bits per heavy atom. The summed E-state index contributed by atoms with van der Waals surface area (Å²) in [6.07, 6.45) is 6.12. The molecule has 8 atom stereocenters. The molecule has 6 fully saturated rings. The molecule has 1 aromatic carbocycles. The first-order chi connectivity index (χ1) is 45.8. The van der Waals surface area contributed by atoms with Crippen molar-refractivity contribution in [1.82, 2.24) is 60.0 Å². The summed E-state index contributed by atoms with van der Waals surface area (Å²) in [4.78, 5) is 188. The van der Waals surface area contributed by atoms with Crippen molar-refractivity contribution in [3.05, 3.63) is 34.3 Å². The molecule has 6 aliphatic rings. The van der Waals surface area contributed by atoms with Crippen LogP contribution in [0, 0.1) is 17.8 Å². The molecule has 0 bridgehead atoms. The Hall–Kier alpha value is -7.06. The van der Waals surface area contributed by atoms with Crippen LogP contribution in [-0.2, 0) is 70.1 Å². The second kappa shape index (κ2) is 34.1. The average Bonchev–Trinajstić information content (AvgIpc) is 1.69. The lowest BCUT2D eigenvalue weighted by Gasteiger charge is -2.42. The Labute approximate surface area is 574 Å². The molecule has 3 saturated carbocycles. The zero-order chi connectivity index (χ0) is 71.4. The standard InChI is InChI=1S/C69H104ClF3N12O12/c1-11-43(2)58-65(95)79(6)41-56(88)77(4)42-57(89)81(8)52(38-45-23-14-12-15-24-45)63(93)78(5)40-54(86)74-50(31-29-46-28-30-48(49(70)37-46)69(71,72)73)62(92)85-36-22-27-51(85)61(91)76-68(32-18-19-33-68)67(97)83(10)59(47-25-16-17-26-47)66(96)82(9)53(64(94)84-34-20-13-21-35-84)39-55(87)80(7)44(3)60(90)75-58/h28,30,37,43-45,47,50-53,58-59H,11-27,29,31-36,38-42H2,1-10H3,(H,74,86)(H,75,90)(H,76,91)/t43-,44-,50-,51-,52-,53-,58-,59-/m0/s1. The van der Waals surface area contributed by atoms with Crippen molar-refractivity contribution < 1.29 is 70.7 Å². The Bertz CT molecular complexity index is 3040. The lowest BCUT2D eigenvalue weighted by atomic mass is 9.84. The highest BCUT2D eigenvalue weighted by atomic mass is 35.5. The number of likely N-dealkylation sites (tertiary alicyclic amines) is 1. The quantitative estimate of drug-likeness (QED) is 0.295. The van der Waals surface area contributed by atoms with E-state index in [-0.39, 0.29) is 56.9 Å². The number of carbonyl (C=O) groups is 12. The van der Waals surface area contributed by atoms with Gasteiger partial charge in [0.15, 0.2) is 0 Å². The fourth-order valence-corrected chi connectivity index (χ4v) is 15.3. The monoisotopic (exact) mass is 1380 g/mol. The van der Waals surface area contributed by atoms with Gasteiger partial charge in [-0.25, -0.2) is 0 Å². The molecule has 0 radical (unpaired) electrons. The third kappa shape index (κ3) is 19.0. The molecule has 3 aliphatic heterocycles. The third-order valence-corrected chi connectivity index (χ3v) is 21.9. The van der Waals surface area contributed by atoms with Crippen LogP contribution in [0.2, 0.25) is 5.02 Å². The number of hydrogen-bond donors (Lipinski definition) is 3. The molecule has 1 spiro atoms. The number of fused-ring (bicyclic) bond motifs is 1. The smallest absolute Gasteiger partial charge is 0.343 e. The predicted molar refractivity (Wildman–Crippen MR) is 355 cm³/mol. The summed E-state index contributed by atoms with van der Waals surface area (Å²) in [6.45, 7) is 4.16. The van der Waals surface area contributed by atoms with Crippen molar-refractivity contribution >= 4 is 82.5 Å². The summed E-state index contributed by atoms with van der Waals surface area (Å²) in [5.41, 5.74) is -2.33. The van der Waals surface area contributed by atoms with E-state index in [1.54, 1.807) is 11.8 Å². The highest BCUT2D eigenvalue weighted by Crippen LogP contribution is 2.39. The summed E-state index contributed by atoms with van der Waals surface area (Å²) < 4.78 is 41.5. The van der Waals surface area contributed by atoms with E-state index in [1.807, 2.05) is 6.92 Å². The van der Waals surface area contributed by atoms with E-state index >= 15 is 19.2 Å². The minimum absolute atomic E-state index is 0.0224. The van der Waals surface area contributed by atoms with E-state index in [9.17, 15) is 51.5 Å². The van der Waals surface area contributed by atoms with Crippen molar-refractivity contribution in [2.45, 2.75) is 222 Å². The normalized spacial score (nSPS) is 27.2. The number of piperidine rings is 1. The summed E-state index contributed by atoms with van der Waals surface area (Å²) in [5.74, 6) is -8.61. The largest absolute Gasteiger partial charge is 0.417 e. The van der Waals surface area contributed by atoms with Crippen molar-refractivity contribution in [3.63, 3.8) is 0 Å². The molecule has 540 valence electrons. The van der Waals surface area contributed by atoms with Crippen LogP contribution in [-0.4, -0.2) is 251 Å². The van der Waals surface area contributed by atoms with Gasteiger partial charge in [0, 0.05) is 69.0 Å². The van der Waals surface area contributed by atoms with E-state index < -0.39 is 167 Å². The van der Waals surface area contributed by atoms with E-state index in [4.69, 9.17) is 11.6 Å². The zero-order valence-corrected chi connectivity index (χ0v) is 59.2. The molecule has 24 nitrogen and oxygen atoms in total. The summed E-state index contributed by atoms with van der Waals surface area (Å²) in [6, 6.07) is -5.53. The number of alkyl halides is 3. The second-order valence-corrected chi connectivity index (χ2v) is 28.8. The number of likely N-dealkylation sites (N-methyl/N-ethyl adjacent to an activating group) is 7. The number of amides is 12. The molecule has 28 heteroatoms. The van der Waals surface area contributed by atoms with Crippen molar-refractivity contribution in [3.8, 4) is 0 Å². The van der Waals surface area contributed by atoms with E-state index in [1.165, 1.54) is 81.9 Å². The first kappa shape index (κ1) is 77.3. The van der Waals surface area contributed by atoms with Gasteiger partial charge in [0.05, 0.1) is 36.6 Å². The van der Waals surface area contributed by atoms with Crippen LogP contribution in [0.1, 0.15) is 173 Å². The first-order valence-electron chi connectivity index (χ1n) is 35.0. The van der Waals surface area contributed by atoms with Gasteiger partial charge in [0.25, 0.3) is 0 Å². The van der Waals surface area contributed by atoms with Crippen LogP contribution in [0.5, 0.6) is 0 Å². The molecule has 97 heavy (non-hydrogen) atoms. The maximum atomic E-state index is 15.6. The molecule has 3 saturated heterocycles. The fourth-order valence-electron chi connectivity index (χ4n) is 15.0. The van der Waals surface area contributed by atoms with Crippen molar-refractivity contribution in [2.75, 3.05) is 88.6 Å². The number of carbonyl (C=O) groups excluding carboxylic acids is 12. The molecule has 3 aliphatic carbocycles. The van der Waals surface area contributed by atoms with Gasteiger partial charge in [-0.05, 0) is 119 Å². The maximum Gasteiger partial charge on any atom is 0.417 e. The van der Waals surface area contributed by atoms with Gasteiger partial charge in [-0.15, -0.1) is 0 Å². The minimum atomic E-state index is -4.76. The molecule has 3 heterocycles. The van der Waals surface area contributed by atoms with Crippen LogP contribution < -0.4 is 16.0 Å². The lowest BCUT2D eigenvalue weighted by molar-refractivity contribution is -0.156. The van der Waals surface area contributed by atoms with Gasteiger partial charge < -0.3 is 60.0 Å². The van der Waals surface area contributed by atoms with E-state index in [2.05, 4.69) is 16.0 Å². The topological polar surface area (TPSA) is 270 Å². The number of halogens is 4. The summed E-state index contributed by atoms with van der Waals surface area (Å²) in [7, 11) is 9.89.